The van der Waals surface area contributed by atoms with Crippen LogP contribution in [-0.2, 0) is 4.79 Å². The predicted molar refractivity (Wildman–Crippen MR) is 134 cm³/mol. The first-order chi connectivity index (χ1) is 16.7. The van der Waals surface area contributed by atoms with Crippen molar-refractivity contribution in [2.75, 3.05) is 36.4 Å². The number of rotatable bonds is 5. The summed E-state index contributed by atoms with van der Waals surface area (Å²) < 4.78 is 1.68. The Kier molecular flexibility index (Phi) is 5.50. The number of carbonyl (C=O) groups is 1. The normalized spacial score (nSPS) is 18.0. The third-order valence-corrected chi connectivity index (χ3v) is 7.28. The van der Waals surface area contributed by atoms with E-state index >= 15 is 0 Å². The fourth-order valence-corrected chi connectivity index (χ4v) is 5.46. The topological polar surface area (TPSA) is 91.5 Å². The van der Waals surface area contributed by atoms with Crippen LogP contribution < -0.4 is 10.2 Å². The zero-order chi connectivity index (χ0) is 22.9. The van der Waals surface area contributed by atoms with Gasteiger partial charge in [0.25, 0.3) is 0 Å². The zero-order valence-corrected chi connectivity index (χ0v) is 19.4. The molecule has 3 aliphatic heterocycles. The molecule has 1 amide bonds. The van der Waals surface area contributed by atoms with Gasteiger partial charge in [0, 0.05) is 49.0 Å². The molecule has 1 fully saturated rings. The van der Waals surface area contributed by atoms with Gasteiger partial charge in [-0.3, -0.25) is 9.79 Å². The summed E-state index contributed by atoms with van der Waals surface area (Å²) in [6.45, 7) is 3.35. The molecular formula is C24H24N8OS. The number of hydrogen-bond donors (Lipinski definition) is 1. The first-order valence-electron chi connectivity index (χ1n) is 11.4. The minimum Gasteiger partial charge on any atom is -0.355 e. The average molecular weight is 473 g/mol. The number of carbonyl (C=O) groups excluding carboxylic acids is 1. The van der Waals surface area contributed by atoms with Gasteiger partial charge >= 0.3 is 0 Å². The van der Waals surface area contributed by atoms with Crippen molar-refractivity contribution in [3.63, 3.8) is 0 Å². The van der Waals surface area contributed by atoms with Gasteiger partial charge in [0.1, 0.15) is 0 Å². The number of hydrogen-bond acceptors (Lipinski definition) is 8. The molecule has 172 valence electrons. The van der Waals surface area contributed by atoms with Crippen molar-refractivity contribution in [2.24, 2.45) is 10.9 Å². The summed E-state index contributed by atoms with van der Waals surface area (Å²) in [4.78, 5) is 21.8. The van der Waals surface area contributed by atoms with Gasteiger partial charge in [-0.1, -0.05) is 23.9 Å². The van der Waals surface area contributed by atoms with Gasteiger partial charge in [-0.25, -0.2) is 4.68 Å². The largest absolute Gasteiger partial charge is 0.355 e. The second kappa shape index (κ2) is 8.94. The van der Waals surface area contributed by atoms with E-state index in [0.29, 0.717) is 5.82 Å². The summed E-state index contributed by atoms with van der Waals surface area (Å²) in [6, 6.07) is 13.8. The van der Waals surface area contributed by atoms with Crippen LogP contribution in [0.1, 0.15) is 18.4 Å². The van der Waals surface area contributed by atoms with E-state index < -0.39 is 0 Å². The highest BCUT2D eigenvalue weighted by Crippen LogP contribution is 2.35. The Morgan fingerprint density at radius 1 is 1.00 bits per heavy atom. The molecule has 0 radical (unpaired) electrons. The number of amides is 1. The van der Waals surface area contributed by atoms with Crippen LogP contribution in [0.15, 0.2) is 65.3 Å². The molecule has 0 bridgehead atoms. The lowest BCUT2D eigenvalue weighted by atomic mass is 9.95. The summed E-state index contributed by atoms with van der Waals surface area (Å²) in [7, 11) is 0. The number of aliphatic imine (C=N–C) groups is 1. The first-order valence-corrected chi connectivity index (χ1v) is 12.3. The van der Waals surface area contributed by atoms with E-state index in [0.717, 1.165) is 61.3 Å². The molecule has 0 unspecified atom stereocenters. The summed E-state index contributed by atoms with van der Waals surface area (Å²) in [5.74, 6) is 1.59. The van der Waals surface area contributed by atoms with Crippen LogP contribution >= 0.6 is 11.8 Å². The molecule has 0 atom stereocenters. The second-order valence-corrected chi connectivity index (χ2v) is 9.30. The fraction of sp³-hybridized carbons (Fsp3) is 0.292. The van der Waals surface area contributed by atoms with Gasteiger partial charge < -0.3 is 15.1 Å². The zero-order valence-electron chi connectivity index (χ0n) is 18.5. The van der Waals surface area contributed by atoms with Crippen LogP contribution in [0.3, 0.4) is 0 Å². The smallest absolute Gasteiger partial charge is 0.227 e. The molecular weight excluding hydrogens is 448 g/mol. The highest BCUT2D eigenvalue weighted by Gasteiger charge is 2.28. The molecule has 3 aliphatic rings. The van der Waals surface area contributed by atoms with E-state index in [2.05, 4.69) is 52.9 Å². The molecule has 6 rings (SSSR count). The van der Waals surface area contributed by atoms with Crippen molar-refractivity contribution < 1.29 is 4.79 Å². The van der Waals surface area contributed by atoms with Crippen LogP contribution in [-0.4, -0.2) is 62.1 Å². The van der Waals surface area contributed by atoms with Gasteiger partial charge in [-0.05, 0) is 48.7 Å². The second-order valence-electron chi connectivity index (χ2n) is 8.47. The Morgan fingerprint density at radius 3 is 2.53 bits per heavy atom. The number of amidine groups is 1. The van der Waals surface area contributed by atoms with Crippen LogP contribution in [0.25, 0.3) is 11.5 Å². The number of aromatic nitrogens is 4. The first kappa shape index (κ1) is 20.9. The molecule has 0 aliphatic carbocycles. The number of piperidine rings is 1. The van der Waals surface area contributed by atoms with Gasteiger partial charge in [-0.15, -0.1) is 10.2 Å². The Morgan fingerprint density at radius 2 is 1.79 bits per heavy atom. The standard InChI is InChI=1S/C24H24N8OS/c33-23(27-19-4-2-17(3-5-19)20-16-34-24-25-11-15-31(20)24)18-8-13-30(14-9-18)21-6-7-22(29-28-21)32-12-1-10-26-32/h1-7,10,12,16,18H,8-9,11,13-15H2,(H,27,33). The molecule has 1 N–H and O–H groups in total. The van der Waals surface area contributed by atoms with E-state index in [1.807, 2.05) is 36.5 Å². The molecule has 0 saturated carbocycles. The van der Waals surface area contributed by atoms with E-state index in [1.54, 1.807) is 22.6 Å². The minimum absolute atomic E-state index is 0.00968. The summed E-state index contributed by atoms with van der Waals surface area (Å²) in [5, 5.41) is 19.1. The number of nitrogens with zero attached hydrogens (tertiary/aromatic N) is 7. The SMILES string of the molecule is O=C(Nc1ccc(C2=CSC3=NCCN23)cc1)C1CCN(c2ccc(-n3cccn3)nn2)CC1. The minimum atomic E-state index is -0.00968. The van der Waals surface area contributed by atoms with Crippen molar-refractivity contribution in [1.29, 1.82) is 0 Å². The van der Waals surface area contributed by atoms with Crippen molar-refractivity contribution in [2.45, 2.75) is 12.8 Å². The molecule has 9 nitrogen and oxygen atoms in total. The van der Waals surface area contributed by atoms with Gasteiger partial charge in [-0.2, -0.15) is 5.10 Å². The average Bonchev–Trinajstić information content (AvgIpc) is 3.64. The highest BCUT2D eigenvalue weighted by atomic mass is 32.2. The maximum absolute atomic E-state index is 12.9. The summed E-state index contributed by atoms with van der Waals surface area (Å²) in [5.41, 5.74) is 3.16. The van der Waals surface area contributed by atoms with Gasteiger partial charge in [0.2, 0.25) is 5.91 Å². The summed E-state index contributed by atoms with van der Waals surface area (Å²) in [6.07, 6.45) is 5.12. The number of nitrogens with one attached hydrogen (secondary N) is 1. The molecule has 0 spiro atoms. The highest BCUT2D eigenvalue weighted by molar-refractivity contribution is 8.16. The summed E-state index contributed by atoms with van der Waals surface area (Å²) >= 11 is 1.68. The van der Waals surface area contributed by atoms with E-state index in [9.17, 15) is 4.79 Å². The molecule has 2 aromatic heterocycles. The Labute approximate surface area is 201 Å². The third-order valence-electron chi connectivity index (χ3n) is 6.38. The van der Waals surface area contributed by atoms with Crippen molar-refractivity contribution >= 4 is 40.0 Å². The van der Waals surface area contributed by atoms with Crippen LogP contribution in [0.4, 0.5) is 11.5 Å². The van der Waals surface area contributed by atoms with Crippen LogP contribution in [0.2, 0.25) is 0 Å². The number of benzene rings is 1. The molecule has 5 heterocycles. The van der Waals surface area contributed by atoms with Gasteiger partial charge in [0.15, 0.2) is 16.8 Å². The van der Waals surface area contributed by atoms with Crippen molar-refractivity contribution in [1.82, 2.24) is 24.9 Å². The molecule has 34 heavy (non-hydrogen) atoms. The molecule has 1 aromatic carbocycles. The maximum Gasteiger partial charge on any atom is 0.227 e. The van der Waals surface area contributed by atoms with E-state index in [-0.39, 0.29) is 11.8 Å². The quantitative estimate of drug-likeness (QED) is 0.610. The van der Waals surface area contributed by atoms with Crippen molar-refractivity contribution in [3.8, 4) is 5.82 Å². The number of anilines is 2. The molecule has 1 saturated heterocycles. The number of thioether (sulfide) groups is 1. The van der Waals surface area contributed by atoms with Gasteiger partial charge in [0.05, 0.1) is 12.2 Å². The Balaban J connectivity index is 1.03. The van der Waals surface area contributed by atoms with E-state index in [1.165, 1.54) is 5.70 Å². The molecule has 10 heteroatoms. The Bertz CT molecular complexity index is 1230. The Hall–Kier alpha value is -3.66. The fourth-order valence-electron chi connectivity index (χ4n) is 4.50. The maximum atomic E-state index is 12.9. The number of fused-ring (bicyclic) bond motifs is 1. The van der Waals surface area contributed by atoms with Crippen LogP contribution in [0.5, 0.6) is 0 Å². The monoisotopic (exact) mass is 472 g/mol. The van der Waals surface area contributed by atoms with Crippen LogP contribution in [0, 0.1) is 5.92 Å². The lowest BCUT2D eigenvalue weighted by Crippen LogP contribution is -2.38. The lowest BCUT2D eigenvalue weighted by molar-refractivity contribution is -0.120. The molecule has 3 aromatic rings. The van der Waals surface area contributed by atoms with E-state index in [4.69, 9.17) is 0 Å². The third kappa shape index (κ3) is 4.05. The van der Waals surface area contributed by atoms with Crippen molar-refractivity contribution in [3.05, 3.63) is 65.8 Å². The lowest BCUT2D eigenvalue weighted by Gasteiger charge is -2.31. The predicted octanol–water partition coefficient (Wildman–Crippen LogP) is 3.23.